The van der Waals surface area contributed by atoms with Gasteiger partial charge in [0.05, 0.1) is 9.79 Å². The maximum atomic E-state index is 11.9. The maximum absolute atomic E-state index is 11.9. The van der Waals surface area contributed by atoms with Gasteiger partial charge in [-0.2, -0.15) is 0 Å². The Hall–Kier alpha value is 0.310. The highest BCUT2D eigenvalue weighted by Gasteiger charge is 2.18. The normalized spacial score (nSPS) is 10.7. The van der Waals surface area contributed by atoms with Crippen LogP contribution >= 0.6 is 75.5 Å². The molecule has 0 fully saturated rings. The Morgan fingerprint density at radius 1 is 0.684 bits per heavy atom. The fourth-order valence-corrected chi connectivity index (χ4v) is 4.33. The molecule has 2 aromatic rings. The first kappa shape index (κ1) is 15.7. The van der Waals surface area contributed by atoms with Crippen molar-refractivity contribution in [3.63, 3.8) is 0 Å². The highest BCUT2D eigenvalue weighted by Crippen LogP contribution is 2.49. The van der Waals surface area contributed by atoms with Gasteiger partial charge in [-0.3, -0.25) is 10.2 Å². The number of benzene rings is 2. The summed E-state index contributed by atoms with van der Waals surface area (Å²) < 4.78 is 2.84. The fraction of sp³-hybridized carbons (Fsp3) is 0. The molecule has 0 aliphatic heterocycles. The van der Waals surface area contributed by atoms with Crippen molar-refractivity contribution in [3.05, 3.63) is 42.2 Å². The van der Waals surface area contributed by atoms with Crippen molar-refractivity contribution in [1.29, 1.82) is 0 Å². The smallest absolute Gasteiger partial charge is 0.193 e. The largest absolute Gasteiger partial charge is 0.289 e. The van der Waals surface area contributed by atoms with Crippen LogP contribution in [0.5, 0.6) is 11.5 Å². The molecule has 7 heteroatoms. The van der Waals surface area contributed by atoms with Crippen LogP contribution < -0.4 is 0 Å². The molecule has 0 aliphatic carbocycles. The summed E-state index contributed by atoms with van der Waals surface area (Å²) in [7, 11) is 0. The lowest BCUT2D eigenvalue weighted by Gasteiger charge is -2.10. The minimum Gasteiger partial charge on any atom is -0.289 e. The highest BCUT2D eigenvalue weighted by molar-refractivity contribution is 9.13. The van der Waals surface area contributed by atoms with Crippen LogP contribution in [-0.2, 0) is 10.2 Å². The first-order chi connectivity index (χ1) is 8.91. The third-order valence-electron chi connectivity index (χ3n) is 2.23. The van der Waals surface area contributed by atoms with Gasteiger partial charge in [0.15, 0.2) is 11.5 Å². The Bertz CT molecular complexity index is 591. The molecule has 0 spiro atoms. The minimum absolute atomic E-state index is 0.133. The van der Waals surface area contributed by atoms with Crippen molar-refractivity contribution in [2.45, 2.75) is 9.79 Å². The van der Waals surface area contributed by atoms with Crippen molar-refractivity contribution in [2.24, 2.45) is 0 Å². The van der Waals surface area contributed by atoms with Gasteiger partial charge in [-0.05, 0) is 88.0 Å². The standard InChI is InChI=1S/C12H4Br4O2S/c13-5-1-3-7(17)11(9(5)15)19-12-8(18)4-2-6(14)10(12)16/h1-4H. The molecule has 0 aromatic heterocycles. The maximum Gasteiger partial charge on any atom is 0.193 e. The molecule has 0 unspecified atom stereocenters. The molecular weight excluding hydrogens is 528 g/mol. The Labute approximate surface area is 148 Å². The molecule has 2 aromatic carbocycles. The van der Waals surface area contributed by atoms with Gasteiger partial charge in [-0.25, -0.2) is 0 Å². The first-order valence-corrected chi connectivity index (χ1v) is 8.88. The first-order valence-electron chi connectivity index (χ1n) is 4.89. The molecule has 0 heterocycles. The zero-order valence-electron chi connectivity index (χ0n) is 9.05. The molecule has 19 heavy (non-hydrogen) atoms. The van der Waals surface area contributed by atoms with Crippen molar-refractivity contribution in [3.8, 4) is 11.5 Å². The molecular formula is C12H4Br4O2S. The SMILES string of the molecule is [O]c1ccc(Br)c(Br)c1Sc1c([O])ccc(Br)c1Br. The highest BCUT2D eigenvalue weighted by atomic mass is 79.9. The topological polar surface area (TPSA) is 39.8 Å². The number of hydrogen-bond donors (Lipinski definition) is 0. The molecule has 0 saturated heterocycles. The van der Waals surface area contributed by atoms with Crippen LogP contribution in [-0.4, -0.2) is 0 Å². The summed E-state index contributed by atoms with van der Waals surface area (Å²) in [6, 6.07) is 6.27. The van der Waals surface area contributed by atoms with E-state index in [4.69, 9.17) is 0 Å². The quantitative estimate of drug-likeness (QED) is 0.405. The van der Waals surface area contributed by atoms with E-state index in [1.807, 2.05) is 0 Å². The van der Waals surface area contributed by atoms with E-state index in [1.54, 1.807) is 12.1 Å². The lowest BCUT2D eigenvalue weighted by Crippen LogP contribution is -1.82. The van der Waals surface area contributed by atoms with Crippen LogP contribution in [0, 0.1) is 0 Å². The number of rotatable bonds is 2. The van der Waals surface area contributed by atoms with Crippen LogP contribution in [0.15, 0.2) is 51.9 Å². The van der Waals surface area contributed by atoms with Gasteiger partial charge in [-0.1, -0.05) is 11.8 Å². The van der Waals surface area contributed by atoms with Gasteiger partial charge < -0.3 is 0 Å². The average Bonchev–Trinajstić information content (AvgIpc) is 2.38. The summed E-state index contributed by atoms with van der Waals surface area (Å²) in [5.74, 6) is -0.266. The van der Waals surface area contributed by atoms with E-state index in [-0.39, 0.29) is 11.5 Å². The van der Waals surface area contributed by atoms with Crippen LogP contribution in [0.25, 0.3) is 0 Å². The molecule has 0 aliphatic rings. The molecule has 0 amide bonds. The van der Waals surface area contributed by atoms with Crippen LogP contribution in [0.4, 0.5) is 0 Å². The predicted octanol–water partition coefficient (Wildman–Crippen LogP) is 7.18. The summed E-state index contributed by atoms with van der Waals surface area (Å²) in [6.07, 6.45) is 0. The van der Waals surface area contributed by atoms with Crippen molar-refractivity contribution in [1.82, 2.24) is 0 Å². The third kappa shape index (κ3) is 3.32. The van der Waals surface area contributed by atoms with Gasteiger partial charge in [0.1, 0.15) is 0 Å². The van der Waals surface area contributed by atoms with Crippen molar-refractivity contribution in [2.75, 3.05) is 0 Å². The Morgan fingerprint density at radius 2 is 1.05 bits per heavy atom. The van der Waals surface area contributed by atoms with Gasteiger partial charge in [0.2, 0.25) is 0 Å². The van der Waals surface area contributed by atoms with Gasteiger partial charge in [-0.15, -0.1) is 0 Å². The molecule has 0 bridgehead atoms. The van der Waals surface area contributed by atoms with Crippen LogP contribution in [0.1, 0.15) is 0 Å². The molecule has 2 radical (unpaired) electrons. The van der Waals surface area contributed by atoms with E-state index in [0.29, 0.717) is 18.7 Å². The van der Waals surface area contributed by atoms with E-state index in [1.165, 1.54) is 12.1 Å². The predicted molar refractivity (Wildman–Crippen MR) is 88.1 cm³/mol. The summed E-state index contributed by atoms with van der Waals surface area (Å²) in [6.45, 7) is 0. The molecule has 2 nitrogen and oxygen atoms in total. The molecule has 0 atom stereocenters. The Morgan fingerprint density at radius 3 is 1.42 bits per heavy atom. The summed E-state index contributed by atoms with van der Waals surface area (Å²) in [5.41, 5.74) is 0. The van der Waals surface area contributed by atoms with E-state index in [0.717, 1.165) is 20.7 Å². The fourth-order valence-electron chi connectivity index (χ4n) is 1.32. The molecule has 98 valence electrons. The van der Waals surface area contributed by atoms with Crippen molar-refractivity contribution >= 4 is 75.5 Å². The average molecular weight is 532 g/mol. The van der Waals surface area contributed by atoms with E-state index >= 15 is 0 Å². The Kier molecular flexibility index (Phi) is 5.28. The molecule has 0 saturated carbocycles. The van der Waals surface area contributed by atoms with E-state index < -0.39 is 0 Å². The van der Waals surface area contributed by atoms with Gasteiger partial charge in [0, 0.05) is 17.9 Å². The second-order valence-electron chi connectivity index (χ2n) is 3.48. The third-order valence-corrected chi connectivity index (χ3v) is 8.01. The monoisotopic (exact) mass is 528 g/mol. The summed E-state index contributed by atoms with van der Waals surface area (Å²) in [5, 5.41) is 23.8. The zero-order chi connectivity index (χ0) is 14.2. The lowest BCUT2D eigenvalue weighted by atomic mass is 10.3. The second kappa shape index (κ2) is 6.39. The van der Waals surface area contributed by atoms with Crippen molar-refractivity contribution < 1.29 is 10.2 Å². The zero-order valence-corrected chi connectivity index (χ0v) is 16.2. The summed E-state index contributed by atoms with van der Waals surface area (Å²) >= 11 is 14.6. The van der Waals surface area contributed by atoms with Gasteiger partial charge in [0.25, 0.3) is 0 Å². The van der Waals surface area contributed by atoms with E-state index in [9.17, 15) is 10.2 Å². The molecule has 2 rings (SSSR count). The minimum atomic E-state index is -0.133. The number of hydrogen-bond acceptors (Lipinski definition) is 1. The summed E-state index contributed by atoms with van der Waals surface area (Å²) in [4.78, 5) is 0.954. The molecule has 0 N–H and O–H groups in total. The van der Waals surface area contributed by atoms with E-state index in [2.05, 4.69) is 63.7 Å². The Balaban J connectivity index is 2.54. The van der Waals surface area contributed by atoms with Crippen LogP contribution in [0.2, 0.25) is 0 Å². The van der Waals surface area contributed by atoms with Crippen LogP contribution in [0.3, 0.4) is 0 Å². The lowest BCUT2D eigenvalue weighted by molar-refractivity contribution is 0.342. The second-order valence-corrected chi connectivity index (χ2v) is 7.79. The number of halogens is 4. The van der Waals surface area contributed by atoms with Gasteiger partial charge >= 0.3 is 0 Å².